The molecule has 4 rings (SSSR count). The van der Waals surface area contributed by atoms with E-state index in [2.05, 4.69) is 15.0 Å². The number of nitrogens with zero attached hydrogens (tertiary/aromatic N) is 4. The molecule has 132 valence electrons. The first-order valence-electron chi connectivity index (χ1n) is 8.05. The highest BCUT2D eigenvalue weighted by molar-refractivity contribution is 5.84. The molecule has 0 spiro atoms. The predicted octanol–water partition coefficient (Wildman–Crippen LogP) is 4.89. The summed E-state index contributed by atoms with van der Waals surface area (Å²) in [7, 11) is 0. The summed E-state index contributed by atoms with van der Waals surface area (Å²) < 4.78 is 41.5. The van der Waals surface area contributed by atoms with E-state index in [1.807, 2.05) is 26.8 Å². The molecule has 0 saturated heterocycles. The van der Waals surface area contributed by atoms with E-state index in [9.17, 15) is 13.2 Å². The highest BCUT2D eigenvalue weighted by atomic mass is 19.4. The predicted molar refractivity (Wildman–Crippen MR) is 92.9 cm³/mol. The van der Waals surface area contributed by atoms with Crippen LogP contribution in [0.25, 0.3) is 27.9 Å². The van der Waals surface area contributed by atoms with Crippen molar-refractivity contribution in [1.29, 1.82) is 0 Å². The average Bonchev–Trinajstić information content (AvgIpc) is 2.92. The van der Waals surface area contributed by atoms with Gasteiger partial charge in [0, 0.05) is 18.0 Å². The van der Waals surface area contributed by atoms with Gasteiger partial charge in [0.1, 0.15) is 5.82 Å². The van der Waals surface area contributed by atoms with Gasteiger partial charge < -0.3 is 0 Å². The normalized spacial score (nSPS) is 12.2. The van der Waals surface area contributed by atoms with Gasteiger partial charge in [-0.2, -0.15) is 13.2 Å². The number of halogens is 3. The molecule has 7 heteroatoms. The van der Waals surface area contributed by atoms with Crippen LogP contribution in [-0.4, -0.2) is 19.4 Å². The monoisotopic (exact) mass is 356 g/mol. The van der Waals surface area contributed by atoms with Crippen molar-refractivity contribution < 1.29 is 13.2 Å². The fourth-order valence-electron chi connectivity index (χ4n) is 3.27. The first-order chi connectivity index (χ1) is 12.3. The summed E-state index contributed by atoms with van der Waals surface area (Å²) in [5, 5.41) is 0. The van der Waals surface area contributed by atoms with Crippen LogP contribution in [0, 0.1) is 20.8 Å². The summed E-state index contributed by atoms with van der Waals surface area (Å²) in [4.78, 5) is 13.2. The highest BCUT2D eigenvalue weighted by Gasteiger charge is 2.31. The molecule has 0 N–H and O–H groups in total. The topological polar surface area (TPSA) is 43.1 Å². The molecule has 0 aliphatic rings. The maximum absolute atomic E-state index is 13.2. The van der Waals surface area contributed by atoms with Gasteiger partial charge in [-0.05, 0) is 50.6 Å². The van der Waals surface area contributed by atoms with Crippen molar-refractivity contribution in [3.05, 3.63) is 59.2 Å². The Morgan fingerprint density at radius 3 is 2.38 bits per heavy atom. The van der Waals surface area contributed by atoms with Gasteiger partial charge in [-0.15, -0.1) is 0 Å². The lowest BCUT2D eigenvalue weighted by atomic mass is 10.1. The molecule has 1 aromatic carbocycles. The average molecular weight is 356 g/mol. The molecular formula is C19H15F3N4. The van der Waals surface area contributed by atoms with E-state index in [1.54, 1.807) is 16.8 Å². The second-order valence-corrected chi connectivity index (χ2v) is 6.29. The molecule has 3 heterocycles. The Kier molecular flexibility index (Phi) is 3.50. The number of hydrogen-bond donors (Lipinski definition) is 0. The third-order valence-corrected chi connectivity index (χ3v) is 4.51. The zero-order valence-electron chi connectivity index (χ0n) is 14.4. The third kappa shape index (κ3) is 2.42. The minimum Gasteiger partial charge on any atom is -0.289 e. The first kappa shape index (κ1) is 16.5. The van der Waals surface area contributed by atoms with Gasteiger partial charge in [-0.25, -0.2) is 9.97 Å². The molecular weight excluding hydrogens is 341 g/mol. The first-order valence-corrected chi connectivity index (χ1v) is 8.05. The minimum absolute atomic E-state index is 0.374. The molecule has 0 saturated carbocycles. The van der Waals surface area contributed by atoms with Gasteiger partial charge in [0.2, 0.25) is 0 Å². The summed E-state index contributed by atoms with van der Waals surface area (Å²) in [5.74, 6) is 0.568. The number of aryl methyl sites for hydroxylation is 3. The summed E-state index contributed by atoms with van der Waals surface area (Å²) in [5.41, 5.74) is 4.03. The molecule has 0 aliphatic heterocycles. The SMILES string of the molecule is Cc1ccncc1-c1nc(C)c2c(C)nc3ccc(C(F)(F)F)cc3n12. The number of rotatable bonds is 1. The molecule has 3 aromatic heterocycles. The van der Waals surface area contributed by atoms with Crippen LogP contribution >= 0.6 is 0 Å². The molecule has 0 atom stereocenters. The van der Waals surface area contributed by atoms with Crippen molar-refractivity contribution in [2.24, 2.45) is 0 Å². The van der Waals surface area contributed by atoms with E-state index in [0.717, 1.165) is 34.5 Å². The molecule has 0 bridgehead atoms. The van der Waals surface area contributed by atoms with Crippen LogP contribution in [0.5, 0.6) is 0 Å². The maximum Gasteiger partial charge on any atom is 0.416 e. The Hall–Kier alpha value is -2.96. The van der Waals surface area contributed by atoms with Crippen LogP contribution < -0.4 is 0 Å². The largest absolute Gasteiger partial charge is 0.416 e. The maximum atomic E-state index is 13.2. The van der Waals surface area contributed by atoms with Gasteiger partial charge in [0.15, 0.2) is 0 Å². The lowest BCUT2D eigenvalue weighted by Gasteiger charge is -2.12. The van der Waals surface area contributed by atoms with Gasteiger partial charge in [0.05, 0.1) is 33.5 Å². The number of pyridine rings is 1. The molecule has 0 fully saturated rings. The summed E-state index contributed by atoms with van der Waals surface area (Å²) in [6.45, 7) is 5.59. The van der Waals surface area contributed by atoms with Crippen LogP contribution in [0.4, 0.5) is 13.2 Å². The number of hydrogen-bond acceptors (Lipinski definition) is 3. The van der Waals surface area contributed by atoms with Crippen LogP contribution in [-0.2, 0) is 6.18 Å². The molecule has 26 heavy (non-hydrogen) atoms. The smallest absolute Gasteiger partial charge is 0.289 e. The van der Waals surface area contributed by atoms with Crippen molar-refractivity contribution in [2.75, 3.05) is 0 Å². The fraction of sp³-hybridized carbons (Fsp3) is 0.211. The second-order valence-electron chi connectivity index (χ2n) is 6.29. The number of imidazole rings is 1. The van der Waals surface area contributed by atoms with Crippen LogP contribution in [0.3, 0.4) is 0 Å². The van der Waals surface area contributed by atoms with E-state index in [1.165, 1.54) is 6.07 Å². The van der Waals surface area contributed by atoms with E-state index in [0.29, 0.717) is 22.6 Å². The van der Waals surface area contributed by atoms with Crippen molar-refractivity contribution in [2.45, 2.75) is 26.9 Å². The number of aromatic nitrogens is 4. The van der Waals surface area contributed by atoms with Crippen LogP contribution in [0.15, 0.2) is 36.7 Å². The fourth-order valence-corrected chi connectivity index (χ4v) is 3.27. The third-order valence-electron chi connectivity index (χ3n) is 4.51. The zero-order chi connectivity index (χ0) is 18.6. The van der Waals surface area contributed by atoms with E-state index >= 15 is 0 Å². The number of fused-ring (bicyclic) bond motifs is 3. The van der Waals surface area contributed by atoms with Crippen molar-refractivity contribution in [3.63, 3.8) is 0 Å². The quantitative estimate of drug-likeness (QED) is 0.488. The van der Waals surface area contributed by atoms with E-state index in [4.69, 9.17) is 0 Å². The molecule has 0 unspecified atom stereocenters. The van der Waals surface area contributed by atoms with Crippen molar-refractivity contribution >= 4 is 16.6 Å². The molecule has 4 nitrogen and oxygen atoms in total. The van der Waals surface area contributed by atoms with E-state index < -0.39 is 11.7 Å². The van der Waals surface area contributed by atoms with Gasteiger partial charge in [-0.1, -0.05) is 0 Å². The molecule has 0 radical (unpaired) electrons. The Labute approximate surface area is 147 Å². The van der Waals surface area contributed by atoms with Crippen LogP contribution in [0.2, 0.25) is 0 Å². The highest BCUT2D eigenvalue weighted by Crippen LogP contribution is 2.34. The lowest BCUT2D eigenvalue weighted by Crippen LogP contribution is -2.06. The zero-order valence-corrected chi connectivity index (χ0v) is 14.4. The Morgan fingerprint density at radius 2 is 1.69 bits per heavy atom. The Balaban J connectivity index is 2.19. The van der Waals surface area contributed by atoms with E-state index in [-0.39, 0.29) is 0 Å². The molecule has 0 amide bonds. The van der Waals surface area contributed by atoms with Gasteiger partial charge >= 0.3 is 6.18 Å². The summed E-state index contributed by atoms with van der Waals surface area (Å²) >= 11 is 0. The Bertz CT molecular complexity index is 1160. The van der Waals surface area contributed by atoms with Crippen molar-refractivity contribution in [1.82, 2.24) is 19.4 Å². The van der Waals surface area contributed by atoms with Gasteiger partial charge in [-0.3, -0.25) is 9.38 Å². The summed E-state index contributed by atoms with van der Waals surface area (Å²) in [6, 6.07) is 5.44. The second kappa shape index (κ2) is 5.52. The standard InChI is InChI=1S/C19H15F3N4/c1-10-6-7-23-9-14(10)18-25-12(3)17-11(2)24-15-5-4-13(19(20,21)22)8-16(15)26(17)18/h4-9H,1-3H3. The van der Waals surface area contributed by atoms with Crippen molar-refractivity contribution in [3.8, 4) is 11.4 Å². The minimum atomic E-state index is -4.43. The lowest BCUT2D eigenvalue weighted by molar-refractivity contribution is -0.137. The number of benzene rings is 1. The molecule has 4 aromatic rings. The summed E-state index contributed by atoms with van der Waals surface area (Å²) in [6.07, 6.45) is -1.07. The van der Waals surface area contributed by atoms with Crippen LogP contribution in [0.1, 0.15) is 22.5 Å². The molecule has 0 aliphatic carbocycles. The van der Waals surface area contributed by atoms with Gasteiger partial charge in [0.25, 0.3) is 0 Å². The number of alkyl halides is 3. The Morgan fingerprint density at radius 1 is 0.962 bits per heavy atom.